The van der Waals surface area contributed by atoms with E-state index in [1.165, 1.54) is 5.56 Å². The molecule has 1 aromatic heterocycles. The summed E-state index contributed by atoms with van der Waals surface area (Å²) in [6, 6.07) is 12.0. The molecule has 0 saturated carbocycles. The number of amides is 1. The van der Waals surface area contributed by atoms with Crippen molar-refractivity contribution in [2.24, 2.45) is 5.73 Å². The molecule has 5 heteroatoms. The van der Waals surface area contributed by atoms with Crippen molar-refractivity contribution in [2.45, 2.75) is 6.42 Å². The topological polar surface area (TPSA) is 55.1 Å². The molecule has 0 aliphatic heterocycles. The van der Waals surface area contributed by atoms with Gasteiger partial charge in [0.15, 0.2) is 0 Å². The van der Waals surface area contributed by atoms with E-state index >= 15 is 0 Å². The molecule has 3 N–H and O–H groups in total. The normalized spacial score (nSPS) is 10.4. The molecule has 1 amide bonds. The van der Waals surface area contributed by atoms with Crippen LogP contribution in [0, 0.1) is 0 Å². The molecule has 0 saturated heterocycles. The second-order valence-electron chi connectivity index (χ2n) is 4.10. The minimum absolute atomic E-state index is 0.410. The summed E-state index contributed by atoms with van der Waals surface area (Å²) in [4.78, 5) is 12.5. The van der Waals surface area contributed by atoms with Crippen molar-refractivity contribution >= 4 is 33.8 Å². The highest BCUT2D eigenvalue weighted by Crippen LogP contribution is 2.29. The second kappa shape index (κ2) is 6.59. The summed E-state index contributed by atoms with van der Waals surface area (Å²) in [6.45, 7) is 0.618. The molecule has 2 rings (SSSR count). The zero-order valence-electron chi connectivity index (χ0n) is 10.4. The van der Waals surface area contributed by atoms with Crippen LogP contribution in [0.4, 0.5) is 5.00 Å². The first-order valence-corrected chi connectivity index (χ1v) is 7.32. The number of halogens is 1. The molecule has 0 unspecified atom stereocenters. The molecule has 19 heavy (non-hydrogen) atoms. The molecule has 0 spiro atoms. The monoisotopic (exact) mass is 294 g/mol. The summed E-state index contributed by atoms with van der Waals surface area (Å²) < 4.78 is 0. The fourth-order valence-corrected chi connectivity index (χ4v) is 3.02. The first-order valence-electron chi connectivity index (χ1n) is 5.97. The van der Waals surface area contributed by atoms with Crippen LogP contribution >= 0.6 is 22.9 Å². The molecule has 1 heterocycles. The average molecular weight is 295 g/mol. The van der Waals surface area contributed by atoms with Gasteiger partial charge in [-0.15, -0.1) is 22.9 Å². The van der Waals surface area contributed by atoms with Gasteiger partial charge in [0.2, 0.25) is 0 Å². The molecular formula is C14H15ClN2OS. The number of nitrogens with one attached hydrogen (secondary N) is 1. The van der Waals surface area contributed by atoms with E-state index in [-0.39, 0.29) is 0 Å². The number of primary amides is 1. The van der Waals surface area contributed by atoms with Gasteiger partial charge in [-0.1, -0.05) is 30.3 Å². The SMILES string of the molecule is NC(=O)c1cc(Cc2ccccc2)sc1NCCCl. The first-order chi connectivity index (χ1) is 9.20. The fourth-order valence-electron chi connectivity index (χ4n) is 1.80. The molecule has 3 nitrogen and oxygen atoms in total. The van der Waals surface area contributed by atoms with Gasteiger partial charge in [-0.2, -0.15) is 0 Å². The van der Waals surface area contributed by atoms with Crippen molar-refractivity contribution in [2.75, 3.05) is 17.7 Å². The van der Waals surface area contributed by atoms with Gasteiger partial charge >= 0.3 is 0 Å². The molecule has 0 radical (unpaired) electrons. The Labute approximate surface area is 121 Å². The number of anilines is 1. The summed E-state index contributed by atoms with van der Waals surface area (Å²) >= 11 is 7.20. The Bertz CT molecular complexity index is 554. The Hall–Kier alpha value is -1.52. The van der Waals surface area contributed by atoms with E-state index in [4.69, 9.17) is 17.3 Å². The number of carbonyl (C=O) groups is 1. The minimum Gasteiger partial charge on any atom is -0.375 e. The number of rotatable bonds is 6. The van der Waals surface area contributed by atoms with Gasteiger partial charge in [-0.05, 0) is 11.6 Å². The summed E-state index contributed by atoms with van der Waals surface area (Å²) in [5, 5.41) is 3.94. The molecule has 1 aromatic carbocycles. The summed E-state index contributed by atoms with van der Waals surface area (Å²) in [6.07, 6.45) is 0.800. The largest absolute Gasteiger partial charge is 0.375 e. The second-order valence-corrected chi connectivity index (χ2v) is 5.61. The average Bonchev–Trinajstić information content (AvgIpc) is 2.80. The molecule has 2 aromatic rings. The van der Waals surface area contributed by atoms with Crippen LogP contribution < -0.4 is 11.1 Å². The van der Waals surface area contributed by atoms with E-state index < -0.39 is 5.91 Å². The first kappa shape index (κ1) is 13.9. The predicted octanol–water partition coefficient (Wildman–Crippen LogP) is 3.09. The standard InChI is InChI=1S/C14H15ClN2OS/c15-6-7-17-14-12(13(16)18)9-11(19-14)8-10-4-2-1-3-5-10/h1-5,9,17H,6-8H2,(H2,16,18). The fraction of sp³-hybridized carbons (Fsp3) is 0.214. The van der Waals surface area contributed by atoms with Crippen molar-refractivity contribution in [1.29, 1.82) is 0 Å². The number of carbonyl (C=O) groups excluding carboxylic acids is 1. The number of alkyl halides is 1. The molecular weight excluding hydrogens is 280 g/mol. The predicted molar refractivity (Wildman–Crippen MR) is 81.3 cm³/mol. The number of hydrogen-bond donors (Lipinski definition) is 2. The molecule has 0 atom stereocenters. The van der Waals surface area contributed by atoms with Gasteiger partial charge < -0.3 is 11.1 Å². The van der Waals surface area contributed by atoms with Crippen LogP contribution in [0.25, 0.3) is 0 Å². The number of nitrogens with two attached hydrogens (primary N) is 1. The van der Waals surface area contributed by atoms with Gasteiger partial charge in [0, 0.05) is 23.7 Å². The Morgan fingerprint density at radius 3 is 2.68 bits per heavy atom. The van der Waals surface area contributed by atoms with Crippen LogP contribution in [-0.2, 0) is 6.42 Å². The Balaban J connectivity index is 2.20. The maximum Gasteiger partial charge on any atom is 0.251 e. The minimum atomic E-state index is -0.410. The highest BCUT2D eigenvalue weighted by molar-refractivity contribution is 7.16. The van der Waals surface area contributed by atoms with Gasteiger partial charge in [0.1, 0.15) is 5.00 Å². The lowest BCUT2D eigenvalue weighted by Gasteiger charge is -2.01. The third-order valence-electron chi connectivity index (χ3n) is 2.65. The Morgan fingerprint density at radius 1 is 1.32 bits per heavy atom. The van der Waals surface area contributed by atoms with Crippen LogP contribution in [0.2, 0.25) is 0 Å². The van der Waals surface area contributed by atoms with E-state index in [1.807, 2.05) is 24.3 Å². The van der Waals surface area contributed by atoms with Crippen molar-refractivity contribution < 1.29 is 4.79 Å². The van der Waals surface area contributed by atoms with Crippen molar-refractivity contribution in [1.82, 2.24) is 0 Å². The lowest BCUT2D eigenvalue weighted by Crippen LogP contribution is -2.13. The zero-order valence-corrected chi connectivity index (χ0v) is 11.9. The molecule has 100 valence electrons. The van der Waals surface area contributed by atoms with Crippen LogP contribution in [0.5, 0.6) is 0 Å². The zero-order chi connectivity index (χ0) is 13.7. The molecule has 0 bridgehead atoms. The van der Waals surface area contributed by atoms with Gasteiger partial charge in [-0.25, -0.2) is 0 Å². The maximum absolute atomic E-state index is 11.4. The smallest absolute Gasteiger partial charge is 0.251 e. The Morgan fingerprint density at radius 2 is 2.05 bits per heavy atom. The van der Waals surface area contributed by atoms with Crippen LogP contribution in [0.15, 0.2) is 36.4 Å². The van der Waals surface area contributed by atoms with Gasteiger partial charge in [0.25, 0.3) is 5.91 Å². The van der Waals surface area contributed by atoms with E-state index in [0.717, 1.165) is 16.3 Å². The van der Waals surface area contributed by atoms with Crippen molar-refractivity contribution in [3.63, 3.8) is 0 Å². The number of thiophene rings is 1. The van der Waals surface area contributed by atoms with Crippen molar-refractivity contribution in [3.8, 4) is 0 Å². The summed E-state index contributed by atoms with van der Waals surface area (Å²) in [5.74, 6) is 0.0806. The van der Waals surface area contributed by atoms with Crippen LogP contribution in [-0.4, -0.2) is 18.3 Å². The highest BCUT2D eigenvalue weighted by Gasteiger charge is 2.13. The van der Waals surface area contributed by atoms with E-state index in [1.54, 1.807) is 11.3 Å². The van der Waals surface area contributed by atoms with Crippen LogP contribution in [0.3, 0.4) is 0 Å². The lowest BCUT2D eigenvalue weighted by atomic mass is 10.1. The molecule has 0 fully saturated rings. The number of benzene rings is 1. The van der Waals surface area contributed by atoms with E-state index in [9.17, 15) is 4.79 Å². The summed E-state index contributed by atoms with van der Waals surface area (Å²) in [5.41, 5.74) is 7.14. The molecule has 0 aliphatic carbocycles. The summed E-state index contributed by atoms with van der Waals surface area (Å²) in [7, 11) is 0. The lowest BCUT2D eigenvalue weighted by molar-refractivity contribution is 0.100. The quantitative estimate of drug-likeness (QED) is 0.805. The third-order valence-corrected chi connectivity index (χ3v) is 3.93. The molecule has 0 aliphatic rings. The van der Waals surface area contributed by atoms with Gasteiger partial charge in [0.05, 0.1) is 5.56 Å². The highest BCUT2D eigenvalue weighted by atomic mass is 35.5. The maximum atomic E-state index is 11.4. The van der Waals surface area contributed by atoms with Crippen molar-refractivity contribution in [3.05, 3.63) is 52.4 Å². The Kier molecular flexibility index (Phi) is 4.82. The third kappa shape index (κ3) is 3.72. The van der Waals surface area contributed by atoms with E-state index in [2.05, 4.69) is 17.4 Å². The van der Waals surface area contributed by atoms with Crippen LogP contribution in [0.1, 0.15) is 20.8 Å². The van der Waals surface area contributed by atoms with E-state index in [0.29, 0.717) is 18.0 Å². The van der Waals surface area contributed by atoms with Gasteiger partial charge in [-0.3, -0.25) is 4.79 Å². The number of hydrogen-bond acceptors (Lipinski definition) is 3.